The van der Waals surface area contributed by atoms with Gasteiger partial charge in [0.15, 0.2) is 9.02 Å². The van der Waals surface area contributed by atoms with E-state index in [1.54, 1.807) is 36.4 Å². The molecule has 2 rings (SSSR count). The van der Waals surface area contributed by atoms with Crippen molar-refractivity contribution in [1.82, 2.24) is 0 Å². The Labute approximate surface area is 148 Å². The molecule has 0 aliphatic carbocycles. The number of carbonyl (C=O) groups excluding carboxylic acids is 1. The van der Waals surface area contributed by atoms with Crippen LogP contribution in [0.25, 0.3) is 0 Å². The molecule has 0 radical (unpaired) electrons. The van der Waals surface area contributed by atoms with Gasteiger partial charge >= 0.3 is 0 Å². The van der Waals surface area contributed by atoms with Crippen molar-refractivity contribution < 1.29 is 4.79 Å². The van der Waals surface area contributed by atoms with E-state index in [4.69, 9.17) is 34.8 Å². The van der Waals surface area contributed by atoms with Crippen LogP contribution in [0.15, 0.2) is 42.5 Å². The lowest BCUT2D eigenvalue weighted by Crippen LogP contribution is -2.22. The fourth-order valence-electron chi connectivity index (χ4n) is 1.63. The van der Waals surface area contributed by atoms with E-state index in [1.807, 2.05) is 0 Å². The van der Waals surface area contributed by atoms with Gasteiger partial charge in [-0.1, -0.05) is 78.8 Å². The van der Waals surface area contributed by atoms with Gasteiger partial charge in [-0.15, -0.1) is 0 Å². The second kappa shape index (κ2) is 6.37. The number of halogens is 5. The normalized spacial score (nSPS) is 11.4. The number of hydrogen-bond acceptors (Lipinski definition) is 1. The molecule has 0 unspecified atom stereocenters. The molecule has 6 heteroatoms. The summed E-state index contributed by atoms with van der Waals surface area (Å²) >= 11 is 24.6. The van der Waals surface area contributed by atoms with Crippen molar-refractivity contribution in [3.63, 3.8) is 0 Å². The Balaban J connectivity index is 2.42. The smallest absolute Gasteiger partial charge is 0.196 e. The number of hydrogen-bond donors (Lipinski definition) is 0. The van der Waals surface area contributed by atoms with E-state index in [1.165, 1.54) is 6.07 Å². The number of carbonyl (C=O) groups is 1. The first-order chi connectivity index (χ1) is 9.32. The summed E-state index contributed by atoms with van der Waals surface area (Å²) in [5.74, 6) is -0.221. The molecular formula is C14H7Br2Cl3O. The highest BCUT2D eigenvalue weighted by molar-refractivity contribution is 9.25. The summed E-state index contributed by atoms with van der Waals surface area (Å²) in [4.78, 5) is 12.6. The Morgan fingerprint density at radius 3 is 2.00 bits per heavy atom. The monoisotopic (exact) mass is 454 g/mol. The maximum Gasteiger partial charge on any atom is 0.196 e. The molecule has 0 spiro atoms. The van der Waals surface area contributed by atoms with Crippen molar-refractivity contribution in [3.8, 4) is 0 Å². The van der Waals surface area contributed by atoms with Gasteiger partial charge < -0.3 is 0 Å². The zero-order valence-corrected chi connectivity index (χ0v) is 15.3. The topological polar surface area (TPSA) is 17.1 Å². The van der Waals surface area contributed by atoms with Gasteiger partial charge in [0.25, 0.3) is 0 Å². The van der Waals surface area contributed by atoms with Gasteiger partial charge in [0.1, 0.15) is 0 Å². The molecule has 2 aromatic carbocycles. The predicted octanol–water partition coefficient (Wildman–Crippen LogP) is 6.47. The van der Waals surface area contributed by atoms with Crippen molar-refractivity contribution in [1.29, 1.82) is 0 Å². The summed E-state index contributed by atoms with van der Waals surface area (Å²) in [6, 6.07) is 11.7. The minimum absolute atomic E-state index is 0.221. The van der Waals surface area contributed by atoms with Crippen LogP contribution in [0, 0.1) is 0 Å². The van der Waals surface area contributed by atoms with Crippen molar-refractivity contribution in [2.24, 2.45) is 0 Å². The Morgan fingerprint density at radius 2 is 1.45 bits per heavy atom. The average molecular weight is 457 g/mol. The zero-order valence-electron chi connectivity index (χ0n) is 9.84. The first-order valence-corrected chi connectivity index (χ1v) is 8.18. The summed E-state index contributed by atoms with van der Waals surface area (Å²) in [5, 5.41) is 1.38. The lowest BCUT2D eigenvalue weighted by atomic mass is 10.0. The van der Waals surface area contributed by atoms with Crippen molar-refractivity contribution >= 4 is 72.4 Å². The molecule has 0 aliphatic heterocycles. The second-order valence-electron chi connectivity index (χ2n) is 4.03. The molecule has 0 N–H and O–H groups in total. The van der Waals surface area contributed by atoms with Gasteiger partial charge in [-0.05, 0) is 35.9 Å². The fraction of sp³-hybridized carbons (Fsp3) is 0.0714. The molecule has 0 amide bonds. The third kappa shape index (κ3) is 3.40. The number of benzene rings is 2. The third-order valence-corrected chi connectivity index (χ3v) is 5.10. The molecule has 0 aliphatic rings. The first-order valence-electron chi connectivity index (χ1n) is 5.46. The van der Waals surface area contributed by atoms with E-state index >= 15 is 0 Å². The van der Waals surface area contributed by atoms with Crippen molar-refractivity contribution in [2.75, 3.05) is 0 Å². The summed E-state index contributed by atoms with van der Waals surface area (Å²) in [5.41, 5.74) is 1.10. The third-order valence-electron chi connectivity index (χ3n) is 2.67. The van der Waals surface area contributed by atoms with Crippen LogP contribution in [0.5, 0.6) is 0 Å². The van der Waals surface area contributed by atoms with E-state index in [0.717, 1.165) is 5.56 Å². The van der Waals surface area contributed by atoms with Gasteiger partial charge in [-0.2, -0.15) is 0 Å². The van der Waals surface area contributed by atoms with Crippen LogP contribution >= 0.6 is 66.7 Å². The quantitative estimate of drug-likeness (QED) is 0.381. The zero-order chi connectivity index (χ0) is 14.9. The second-order valence-corrected chi connectivity index (χ2v) is 8.76. The fourth-order valence-corrected chi connectivity index (χ4v) is 3.21. The van der Waals surface area contributed by atoms with Crippen LogP contribution in [0.4, 0.5) is 0 Å². The molecular weight excluding hydrogens is 450 g/mol. The number of alkyl halides is 2. The molecule has 0 aromatic heterocycles. The number of Topliss-reactive ketones (excluding diaryl/α,β-unsaturated/α-hetero) is 1. The minimum atomic E-state index is -1.07. The molecule has 0 saturated heterocycles. The van der Waals surface area contributed by atoms with E-state index in [2.05, 4.69) is 31.9 Å². The van der Waals surface area contributed by atoms with E-state index in [0.29, 0.717) is 20.6 Å². The lowest BCUT2D eigenvalue weighted by molar-refractivity contribution is 0.0982. The van der Waals surface area contributed by atoms with E-state index in [9.17, 15) is 4.79 Å². The highest BCUT2D eigenvalue weighted by atomic mass is 79.9. The van der Waals surface area contributed by atoms with Gasteiger partial charge in [-0.25, -0.2) is 0 Å². The Hall–Kier alpha value is -0.0600. The average Bonchev–Trinajstić information content (AvgIpc) is 2.38. The highest BCUT2D eigenvalue weighted by Crippen LogP contribution is 2.42. The first kappa shape index (κ1) is 16.3. The number of ketones is 1. The summed E-state index contributed by atoms with van der Waals surface area (Å²) in [6.07, 6.45) is 0. The van der Waals surface area contributed by atoms with Crippen LogP contribution in [0.1, 0.15) is 15.9 Å². The summed E-state index contributed by atoms with van der Waals surface area (Å²) < 4.78 is -1.07. The Morgan fingerprint density at radius 1 is 0.900 bits per heavy atom. The molecule has 2 aromatic rings. The maximum absolute atomic E-state index is 12.6. The maximum atomic E-state index is 12.6. The van der Waals surface area contributed by atoms with Crippen LogP contribution in [0.3, 0.4) is 0 Å². The van der Waals surface area contributed by atoms with Crippen LogP contribution in [-0.2, 0) is 3.23 Å². The van der Waals surface area contributed by atoms with Crippen LogP contribution in [-0.4, -0.2) is 5.78 Å². The molecule has 0 atom stereocenters. The molecule has 1 nitrogen and oxygen atoms in total. The largest absolute Gasteiger partial charge is 0.291 e. The van der Waals surface area contributed by atoms with Crippen molar-refractivity contribution in [2.45, 2.75) is 3.23 Å². The molecule has 20 heavy (non-hydrogen) atoms. The van der Waals surface area contributed by atoms with Crippen LogP contribution < -0.4 is 0 Å². The predicted molar refractivity (Wildman–Crippen MR) is 91.8 cm³/mol. The van der Waals surface area contributed by atoms with Gasteiger partial charge in [0.2, 0.25) is 0 Å². The molecule has 0 saturated carbocycles. The summed E-state index contributed by atoms with van der Waals surface area (Å²) in [6.45, 7) is 0. The van der Waals surface area contributed by atoms with Gasteiger partial charge in [0.05, 0.1) is 5.02 Å². The molecule has 0 fully saturated rings. The standard InChI is InChI=1S/C14H7Br2Cl3O/c15-14(16,8-1-3-9(17)4-2-8)13(20)11-6-5-10(18)7-12(11)19/h1-7H. The molecule has 0 bridgehead atoms. The Kier molecular flexibility index (Phi) is 5.19. The van der Waals surface area contributed by atoms with E-state index < -0.39 is 3.23 Å². The van der Waals surface area contributed by atoms with E-state index in [-0.39, 0.29) is 5.78 Å². The minimum Gasteiger partial charge on any atom is -0.291 e. The van der Waals surface area contributed by atoms with Gasteiger partial charge in [0, 0.05) is 15.6 Å². The van der Waals surface area contributed by atoms with Crippen LogP contribution in [0.2, 0.25) is 15.1 Å². The number of rotatable bonds is 3. The molecule has 0 heterocycles. The van der Waals surface area contributed by atoms with Gasteiger partial charge in [-0.3, -0.25) is 4.79 Å². The summed E-state index contributed by atoms with van der Waals surface area (Å²) in [7, 11) is 0. The van der Waals surface area contributed by atoms with Crippen molar-refractivity contribution in [3.05, 3.63) is 68.7 Å². The molecule has 104 valence electrons. The Bertz CT molecular complexity index is 654. The lowest BCUT2D eigenvalue weighted by Gasteiger charge is -2.20. The highest BCUT2D eigenvalue weighted by Gasteiger charge is 2.36. The SMILES string of the molecule is O=C(c1ccc(Cl)cc1Cl)C(Br)(Br)c1ccc(Cl)cc1.